The van der Waals surface area contributed by atoms with Crippen molar-refractivity contribution in [2.24, 2.45) is 0 Å². The van der Waals surface area contributed by atoms with Crippen LogP contribution in [0.5, 0.6) is 0 Å². The summed E-state index contributed by atoms with van der Waals surface area (Å²) in [6.07, 6.45) is 3.55. The van der Waals surface area contributed by atoms with Gasteiger partial charge in [0.25, 0.3) is 0 Å². The second-order valence-corrected chi connectivity index (χ2v) is 5.98. The van der Waals surface area contributed by atoms with Crippen LogP contribution >= 0.6 is 0 Å². The van der Waals surface area contributed by atoms with E-state index < -0.39 is 0 Å². The van der Waals surface area contributed by atoms with Crippen LogP contribution in [0.25, 0.3) is 0 Å². The quantitative estimate of drug-likeness (QED) is 0.857. The highest BCUT2D eigenvalue weighted by Gasteiger charge is 2.52. The van der Waals surface area contributed by atoms with Gasteiger partial charge in [0.1, 0.15) is 5.82 Å². The van der Waals surface area contributed by atoms with Gasteiger partial charge in [-0.05, 0) is 34.1 Å². The van der Waals surface area contributed by atoms with Crippen molar-refractivity contribution >= 4 is 12.6 Å². The van der Waals surface area contributed by atoms with Crippen molar-refractivity contribution in [3.05, 3.63) is 17.7 Å². The largest absolute Gasteiger partial charge is 0.498 e. The first kappa shape index (κ1) is 17.1. The number of hydrogen-bond acceptors (Lipinski definition) is 5. The van der Waals surface area contributed by atoms with E-state index in [0.29, 0.717) is 0 Å². The predicted molar refractivity (Wildman–Crippen MR) is 81.5 cm³/mol. The van der Waals surface area contributed by atoms with Crippen LogP contribution in [0.2, 0.25) is 0 Å². The van der Waals surface area contributed by atoms with E-state index in [-0.39, 0.29) is 24.5 Å². The first-order valence-corrected chi connectivity index (χ1v) is 7.01. The summed E-state index contributed by atoms with van der Waals surface area (Å²) in [5.74, 6) is 0.872. The van der Waals surface area contributed by atoms with Gasteiger partial charge in [-0.15, -0.1) is 0 Å². The highest BCUT2D eigenvalue weighted by molar-refractivity contribution is 6.62. The molecule has 1 fully saturated rings. The lowest BCUT2D eigenvalue weighted by Gasteiger charge is -2.32. The van der Waals surface area contributed by atoms with Crippen molar-refractivity contribution in [1.29, 1.82) is 0 Å². The van der Waals surface area contributed by atoms with E-state index in [1.807, 2.05) is 6.20 Å². The van der Waals surface area contributed by atoms with Crippen molar-refractivity contribution in [3.8, 4) is 0 Å². The average Bonchev–Trinajstić information content (AvgIpc) is 2.57. The van der Waals surface area contributed by atoms with Crippen molar-refractivity contribution in [2.45, 2.75) is 65.6 Å². The van der Waals surface area contributed by atoms with E-state index in [2.05, 4.69) is 51.5 Å². The Morgan fingerprint density at radius 1 is 1.05 bits per heavy atom. The summed E-state index contributed by atoms with van der Waals surface area (Å²) in [6.45, 7) is 12.4. The molecule has 1 aromatic heterocycles. The monoisotopic (exact) mass is 279 g/mol. The second-order valence-electron chi connectivity index (χ2n) is 5.98. The average molecular weight is 279 g/mol. The molecule has 2 rings (SSSR count). The zero-order valence-corrected chi connectivity index (χ0v) is 13.5. The molecule has 0 atom stereocenters. The third-order valence-electron chi connectivity index (χ3n) is 4.11. The summed E-state index contributed by atoms with van der Waals surface area (Å²) in [4.78, 5) is 8.95. The maximum Gasteiger partial charge on any atom is 0.498 e. The van der Waals surface area contributed by atoms with Gasteiger partial charge in [0, 0.05) is 23.8 Å². The zero-order chi connectivity index (χ0) is 14.3. The lowest BCUT2D eigenvalue weighted by atomic mass is 9.78. The van der Waals surface area contributed by atoms with Crippen molar-refractivity contribution in [1.82, 2.24) is 16.1 Å². The summed E-state index contributed by atoms with van der Waals surface area (Å²) in [5, 5.41) is 0. The molecule has 2 heterocycles. The van der Waals surface area contributed by atoms with Gasteiger partial charge >= 0.3 is 7.12 Å². The highest BCUT2D eigenvalue weighted by Crippen LogP contribution is 2.36. The Labute approximate surface area is 122 Å². The Balaban J connectivity index is 0.00000200. The second kappa shape index (κ2) is 5.80. The summed E-state index contributed by atoms with van der Waals surface area (Å²) >= 11 is 0. The maximum absolute atomic E-state index is 6.06. The Morgan fingerprint density at radius 3 is 2.05 bits per heavy atom. The fourth-order valence-electron chi connectivity index (χ4n) is 2.09. The van der Waals surface area contributed by atoms with Crippen LogP contribution in [0.1, 0.15) is 53.1 Å². The van der Waals surface area contributed by atoms with Crippen LogP contribution in [-0.4, -0.2) is 28.3 Å². The SMILES string of the molecule is CCc1ncc(B2OC(C)(C)C(C)(C)O2)c(CC)n1.N. The smallest absolute Gasteiger partial charge is 0.399 e. The van der Waals surface area contributed by atoms with Gasteiger partial charge < -0.3 is 15.5 Å². The number of rotatable bonds is 3. The normalized spacial score (nSPS) is 19.8. The fourth-order valence-corrected chi connectivity index (χ4v) is 2.09. The van der Waals surface area contributed by atoms with Crippen LogP contribution in [0.3, 0.4) is 0 Å². The highest BCUT2D eigenvalue weighted by atomic mass is 16.7. The Hall–Kier alpha value is -0.975. The molecule has 1 saturated heterocycles. The molecular formula is C14H26BN3O2. The molecule has 5 nitrogen and oxygen atoms in total. The Kier molecular flexibility index (Phi) is 4.95. The summed E-state index contributed by atoms with van der Waals surface area (Å²) in [6, 6.07) is 0. The number of hydrogen-bond donors (Lipinski definition) is 1. The lowest BCUT2D eigenvalue weighted by molar-refractivity contribution is 0.00578. The molecule has 0 aliphatic carbocycles. The predicted octanol–water partition coefficient (Wildman–Crippen LogP) is 2.06. The minimum Gasteiger partial charge on any atom is -0.399 e. The maximum atomic E-state index is 6.06. The van der Waals surface area contributed by atoms with E-state index in [1.54, 1.807) is 0 Å². The molecule has 1 aromatic rings. The van der Waals surface area contributed by atoms with Crippen LogP contribution in [-0.2, 0) is 22.2 Å². The topological polar surface area (TPSA) is 79.2 Å². The van der Waals surface area contributed by atoms with Gasteiger partial charge in [-0.3, -0.25) is 0 Å². The van der Waals surface area contributed by atoms with Gasteiger partial charge in [-0.2, -0.15) is 0 Å². The standard InChI is InChI=1S/C14H23BN2O2.H3N/c1-7-11-10(9-16-12(8-2)17-11)15-18-13(3,4)14(5,6)19-15;/h9H,7-8H2,1-6H3;1H3. The van der Waals surface area contributed by atoms with Crippen molar-refractivity contribution < 1.29 is 9.31 Å². The first-order valence-electron chi connectivity index (χ1n) is 7.01. The molecule has 0 aromatic carbocycles. The van der Waals surface area contributed by atoms with Gasteiger partial charge in [-0.1, -0.05) is 13.8 Å². The molecule has 3 N–H and O–H groups in total. The molecule has 0 unspecified atom stereocenters. The van der Waals surface area contributed by atoms with E-state index >= 15 is 0 Å². The molecule has 0 radical (unpaired) electrons. The van der Waals surface area contributed by atoms with E-state index in [9.17, 15) is 0 Å². The van der Waals surface area contributed by atoms with Crippen molar-refractivity contribution in [3.63, 3.8) is 0 Å². The van der Waals surface area contributed by atoms with E-state index in [4.69, 9.17) is 9.31 Å². The Bertz CT molecular complexity index is 461. The number of nitrogens with zero attached hydrogens (tertiary/aromatic N) is 2. The zero-order valence-electron chi connectivity index (χ0n) is 13.5. The molecule has 1 aliphatic rings. The van der Waals surface area contributed by atoms with Crippen LogP contribution < -0.4 is 11.6 Å². The molecule has 20 heavy (non-hydrogen) atoms. The molecule has 1 aliphatic heterocycles. The van der Waals surface area contributed by atoms with E-state index in [0.717, 1.165) is 29.8 Å². The molecule has 0 saturated carbocycles. The summed E-state index contributed by atoms with van der Waals surface area (Å²) < 4.78 is 12.1. The molecule has 0 amide bonds. The van der Waals surface area contributed by atoms with Gasteiger partial charge in [0.05, 0.1) is 11.2 Å². The van der Waals surface area contributed by atoms with Crippen LogP contribution in [0.4, 0.5) is 0 Å². The van der Waals surface area contributed by atoms with Crippen LogP contribution in [0, 0.1) is 0 Å². The number of aryl methyl sites for hydroxylation is 2. The molecule has 0 bridgehead atoms. The molecule has 6 heteroatoms. The third-order valence-corrected chi connectivity index (χ3v) is 4.11. The third kappa shape index (κ3) is 2.87. The molecular weight excluding hydrogens is 253 g/mol. The minimum absolute atomic E-state index is 0. The summed E-state index contributed by atoms with van der Waals surface area (Å²) in [7, 11) is -0.370. The number of aromatic nitrogens is 2. The fraction of sp³-hybridized carbons (Fsp3) is 0.714. The summed E-state index contributed by atoms with van der Waals surface area (Å²) in [5.41, 5.74) is 1.32. The van der Waals surface area contributed by atoms with Gasteiger partial charge in [0.15, 0.2) is 0 Å². The molecule has 112 valence electrons. The Morgan fingerprint density at radius 2 is 1.60 bits per heavy atom. The molecule has 0 spiro atoms. The van der Waals surface area contributed by atoms with Gasteiger partial charge in [0.2, 0.25) is 0 Å². The minimum atomic E-state index is -0.370. The van der Waals surface area contributed by atoms with Crippen molar-refractivity contribution in [2.75, 3.05) is 0 Å². The van der Waals surface area contributed by atoms with E-state index in [1.165, 1.54) is 0 Å². The lowest BCUT2D eigenvalue weighted by Crippen LogP contribution is -2.41. The van der Waals surface area contributed by atoms with Gasteiger partial charge in [-0.25, -0.2) is 9.97 Å². The van der Waals surface area contributed by atoms with Crippen LogP contribution in [0.15, 0.2) is 6.20 Å². The first-order chi connectivity index (χ1) is 8.80.